The number of hydrogen-bond donors (Lipinski definition) is 4. The summed E-state index contributed by atoms with van der Waals surface area (Å²) in [6.45, 7) is 9.59. The van der Waals surface area contributed by atoms with Gasteiger partial charge in [0.1, 0.15) is 0 Å². The number of nitrogens with one attached hydrogen (secondary N) is 1. The molecular formula is C33H49NO5S. The highest BCUT2D eigenvalue weighted by molar-refractivity contribution is 7.77. The van der Waals surface area contributed by atoms with Crippen LogP contribution in [0.3, 0.4) is 0 Å². The summed E-state index contributed by atoms with van der Waals surface area (Å²) in [4.78, 5) is 12.4. The third kappa shape index (κ3) is 5.14. The van der Waals surface area contributed by atoms with Crippen LogP contribution in [0.15, 0.2) is 30.3 Å². The molecule has 0 aromatic heterocycles. The first kappa shape index (κ1) is 29.9. The number of hydrogen-bond acceptors (Lipinski definition) is 4. The average Bonchev–Trinajstić information content (AvgIpc) is 3.27. The van der Waals surface area contributed by atoms with Crippen molar-refractivity contribution in [2.45, 2.75) is 97.7 Å². The zero-order valence-corrected chi connectivity index (χ0v) is 25.4. The fraction of sp³-hybridized carbons (Fsp3) is 0.727. The van der Waals surface area contributed by atoms with Crippen LogP contribution in [0.1, 0.15) is 101 Å². The van der Waals surface area contributed by atoms with E-state index in [-0.39, 0.29) is 29.0 Å². The van der Waals surface area contributed by atoms with E-state index in [9.17, 15) is 19.2 Å². The standard InChI is InChI=1S/C33H49NO5S/c1-5-23-28-19-22(35)15-17-33(28,4)27-16-18-32(3)25(13-14-26(32)29(27)30(23)36)20(2)9-8-11-21-10-6-7-12-24(21)31(37)34-40(38)39/h6-8,10-12,20,22-23,25-30,35-36H,5,9,13-19H2,1-4H3,(H,34,37)(H,38,39)/b11-8+/t20-,22-,23-,25-,26?,27?,28+,29?,30-,32?,33?/m1/s1. The second-order valence-electron chi connectivity index (χ2n) is 14.0. The van der Waals surface area contributed by atoms with Gasteiger partial charge in [-0.25, -0.2) is 8.93 Å². The van der Waals surface area contributed by atoms with Crippen LogP contribution >= 0.6 is 0 Å². The van der Waals surface area contributed by atoms with Crippen LogP contribution in [0, 0.1) is 52.3 Å². The number of benzene rings is 1. The van der Waals surface area contributed by atoms with E-state index in [1.165, 1.54) is 25.7 Å². The van der Waals surface area contributed by atoms with Gasteiger partial charge in [0, 0.05) is 5.56 Å². The molecule has 0 heterocycles. The molecule has 5 rings (SSSR count). The van der Waals surface area contributed by atoms with E-state index >= 15 is 0 Å². The number of allylic oxidation sites excluding steroid dienone is 1. The molecule has 222 valence electrons. The predicted octanol–water partition coefficient (Wildman–Crippen LogP) is 6.22. The molecule has 4 fully saturated rings. The van der Waals surface area contributed by atoms with E-state index in [4.69, 9.17) is 4.55 Å². The summed E-state index contributed by atoms with van der Waals surface area (Å²) in [5.41, 5.74) is 1.57. The monoisotopic (exact) mass is 571 g/mol. The van der Waals surface area contributed by atoms with Crippen LogP contribution in [0.2, 0.25) is 0 Å². The van der Waals surface area contributed by atoms with Gasteiger partial charge < -0.3 is 10.2 Å². The third-order valence-corrected chi connectivity index (χ3v) is 12.7. The molecule has 40 heavy (non-hydrogen) atoms. The number of aliphatic hydroxyl groups excluding tert-OH is 2. The quantitative estimate of drug-likeness (QED) is 0.291. The lowest BCUT2D eigenvalue weighted by atomic mass is 9.41. The lowest BCUT2D eigenvalue weighted by Gasteiger charge is -2.64. The molecule has 7 heteroatoms. The van der Waals surface area contributed by atoms with Crippen LogP contribution in [0.25, 0.3) is 6.08 Å². The molecule has 4 N–H and O–H groups in total. The molecule has 4 saturated carbocycles. The second kappa shape index (κ2) is 11.6. The van der Waals surface area contributed by atoms with Crippen molar-refractivity contribution in [2.75, 3.05) is 0 Å². The summed E-state index contributed by atoms with van der Waals surface area (Å²) in [6, 6.07) is 7.15. The molecule has 0 bridgehead atoms. The van der Waals surface area contributed by atoms with Gasteiger partial charge in [-0.2, -0.15) is 0 Å². The molecule has 1 aromatic carbocycles. The summed E-state index contributed by atoms with van der Waals surface area (Å²) in [6.07, 6.45) is 13.1. The zero-order valence-electron chi connectivity index (χ0n) is 24.6. The van der Waals surface area contributed by atoms with Gasteiger partial charge >= 0.3 is 0 Å². The number of fused-ring (bicyclic) bond motifs is 5. The van der Waals surface area contributed by atoms with E-state index in [0.717, 1.165) is 37.7 Å². The Morgan fingerprint density at radius 1 is 1.07 bits per heavy atom. The fourth-order valence-electron chi connectivity index (χ4n) is 10.5. The Balaban J connectivity index is 1.32. The van der Waals surface area contributed by atoms with E-state index < -0.39 is 17.2 Å². The van der Waals surface area contributed by atoms with E-state index in [2.05, 4.69) is 38.5 Å². The maximum absolute atomic E-state index is 12.4. The smallest absolute Gasteiger partial charge is 0.265 e. The number of aliphatic hydroxyl groups is 2. The maximum atomic E-state index is 12.4. The van der Waals surface area contributed by atoms with Crippen LogP contribution in [-0.2, 0) is 11.3 Å². The normalized spacial score (nSPS) is 42.5. The summed E-state index contributed by atoms with van der Waals surface area (Å²) in [7, 11) is 0. The van der Waals surface area contributed by atoms with Crippen molar-refractivity contribution in [3.8, 4) is 0 Å². The van der Waals surface area contributed by atoms with Crippen LogP contribution in [0.4, 0.5) is 0 Å². The zero-order chi connectivity index (χ0) is 28.8. The molecule has 6 nitrogen and oxygen atoms in total. The first-order valence-electron chi connectivity index (χ1n) is 15.5. The lowest BCUT2D eigenvalue weighted by Crippen LogP contribution is -2.62. The molecule has 0 saturated heterocycles. The Kier molecular flexibility index (Phi) is 8.70. The molecule has 4 aliphatic rings. The Morgan fingerprint density at radius 2 is 1.77 bits per heavy atom. The SMILES string of the molecule is CC[C@H]1[C@@H](O)C2C3CC[C@H]([C@H](C)C/C=C/c4ccccc4C(=O)NS(=O)O)C3(C)CCC2C2(C)CC[C@@H](O)C[C@@H]12. The van der Waals surface area contributed by atoms with Gasteiger partial charge in [-0.05, 0) is 115 Å². The summed E-state index contributed by atoms with van der Waals surface area (Å²) >= 11 is -2.40. The maximum Gasteiger partial charge on any atom is 0.265 e. The van der Waals surface area contributed by atoms with Crippen LogP contribution in [-0.4, -0.2) is 37.1 Å². The van der Waals surface area contributed by atoms with Crippen LogP contribution < -0.4 is 4.72 Å². The van der Waals surface area contributed by atoms with Gasteiger partial charge in [-0.1, -0.05) is 64.5 Å². The van der Waals surface area contributed by atoms with Crippen molar-refractivity contribution in [2.24, 2.45) is 52.3 Å². The lowest BCUT2D eigenvalue weighted by molar-refractivity contribution is -0.203. The Morgan fingerprint density at radius 3 is 2.50 bits per heavy atom. The molecule has 6 unspecified atom stereocenters. The highest BCUT2D eigenvalue weighted by Gasteiger charge is 2.64. The summed E-state index contributed by atoms with van der Waals surface area (Å²) in [5.74, 6) is 2.65. The molecule has 1 aromatic rings. The fourth-order valence-corrected chi connectivity index (χ4v) is 10.8. The minimum absolute atomic E-state index is 0.213. The Bertz CT molecular complexity index is 1140. The number of amides is 1. The molecular weight excluding hydrogens is 522 g/mol. The first-order valence-corrected chi connectivity index (χ1v) is 16.7. The average molecular weight is 572 g/mol. The highest BCUT2D eigenvalue weighted by Crippen LogP contribution is 2.69. The molecule has 0 aliphatic heterocycles. The van der Waals surface area contributed by atoms with Crippen molar-refractivity contribution >= 4 is 23.2 Å². The molecule has 0 radical (unpaired) electrons. The topological polar surface area (TPSA) is 107 Å². The molecule has 1 amide bonds. The number of carbonyl (C=O) groups is 1. The van der Waals surface area contributed by atoms with Crippen molar-refractivity contribution in [1.29, 1.82) is 0 Å². The largest absolute Gasteiger partial charge is 0.393 e. The van der Waals surface area contributed by atoms with Crippen molar-refractivity contribution < 1.29 is 23.8 Å². The minimum atomic E-state index is -2.40. The summed E-state index contributed by atoms with van der Waals surface area (Å²) < 4.78 is 22.2. The number of carbonyl (C=O) groups excluding carboxylic acids is 1. The third-order valence-electron chi connectivity index (χ3n) is 12.3. The molecule has 12 atom stereocenters. The van der Waals surface area contributed by atoms with Gasteiger partial charge in [-0.15, -0.1) is 0 Å². The van der Waals surface area contributed by atoms with Crippen LogP contribution in [0.5, 0.6) is 0 Å². The second-order valence-corrected chi connectivity index (χ2v) is 14.7. The van der Waals surface area contributed by atoms with Gasteiger partial charge in [0.05, 0.1) is 12.2 Å². The number of rotatable bonds is 7. The van der Waals surface area contributed by atoms with Gasteiger partial charge in [0.2, 0.25) is 0 Å². The minimum Gasteiger partial charge on any atom is -0.393 e. The van der Waals surface area contributed by atoms with Gasteiger partial charge in [-0.3, -0.25) is 9.35 Å². The van der Waals surface area contributed by atoms with E-state index in [1.807, 2.05) is 18.2 Å². The molecule has 4 aliphatic carbocycles. The van der Waals surface area contributed by atoms with Crippen molar-refractivity contribution in [3.05, 3.63) is 41.5 Å². The summed E-state index contributed by atoms with van der Waals surface area (Å²) in [5, 5.41) is 22.5. The Hall–Kier alpha value is -1.54. The van der Waals surface area contributed by atoms with Gasteiger partial charge in [0.15, 0.2) is 0 Å². The van der Waals surface area contributed by atoms with Crippen molar-refractivity contribution in [3.63, 3.8) is 0 Å². The highest BCUT2D eigenvalue weighted by atomic mass is 32.2. The Labute approximate surface area is 242 Å². The predicted molar refractivity (Wildman–Crippen MR) is 159 cm³/mol. The molecule has 0 spiro atoms. The van der Waals surface area contributed by atoms with E-state index in [0.29, 0.717) is 41.1 Å². The van der Waals surface area contributed by atoms with E-state index in [1.54, 1.807) is 12.1 Å². The first-order chi connectivity index (χ1) is 19.0. The van der Waals surface area contributed by atoms with Gasteiger partial charge in [0.25, 0.3) is 17.2 Å². The van der Waals surface area contributed by atoms with Crippen molar-refractivity contribution in [1.82, 2.24) is 4.72 Å².